The minimum Gasteiger partial charge on any atom is -0.376 e. The maximum Gasteiger partial charge on any atom is 0.175 e. The van der Waals surface area contributed by atoms with Crippen LogP contribution in [0, 0.1) is 13.8 Å². The second-order valence-electron chi connectivity index (χ2n) is 6.44. The van der Waals surface area contributed by atoms with Crippen molar-refractivity contribution >= 4 is 57.4 Å². The summed E-state index contributed by atoms with van der Waals surface area (Å²) in [7, 11) is 0. The summed E-state index contributed by atoms with van der Waals surface area (Å²) in [6, 6.07) is 23.7. The minimum absolute atomic E-state index is 0.242. The van der Waals surface area contributed by atoms with Crippen molar-refractivity contribution in [1.82, 2.24) is 0 Å². The lowest BCUT2D eigenvalue weighted by Crippen LogP contribution is -2.36. The Hall–Kier alpha value is -2.96. The molecular weight excluding hydrogens is 384 g/mol. The highest BCUT2D eigenvalue weighted by atomic mass is 32.1. The second kappa shape index (κ2) is 8.37. The van der Waals surface area contributed by atoms with E-state index in [9.17, 15) is 0 Å². The first-order valence-electron chi connectivity index (χ1n) is 8.80. The molecule has 3 aromatic rings. The Morgan fingerprint density at radius 1 is 0.643 bits per heavy atom. The Bertz CT molecular complexity index is 921. The third kappa shape index (κ3) is 3.98. The van der Waals surface area contributed by atoms with Crippen LogP contribution in [-0.4, -0.2) is 10.2 Å². The van der Waals surface area contributed by atoms with E-state index in [4.69, 9.17) is 35.9 Å². The van der Waals surface area contributed by atoms with Crippen LogP contribution >= 0.6 is 24.4 Å². The smallest absolute Gasteiger partial charge is 0.175 e. The Kier molecular flexibility index (Phi) is 5.92. The van der Waals surface area contributed by atoms with Gasteiger partial charge >= 0.3 is 0 Å². The first-order chi connectivity index (χ1) is 13.4. The van der Waals surface area contributed by atoms with Crippen molar-refractivity contribution in [2.24, 2.45) is 11.5 Å². The quantitative estimate of drug-likeness (QED) is 0.590. The zero-order chi connectivity index (χ0) is 20.3. The molecule has 4 nitrogen and oxygen atoms in total. The normalized spacial score (nSPS) is 10.4. The van der Waals surface area contributed by atoms with Crippen molar-refractivity contribution in [2.45, 2.75) is 13.8 Å². The summed E-state index contributed by atoms with van der Waals surface area (Å²) in [6.45, 7) is 4.11. The lowest BCUT2D eigenvalue weighted by Gasteiger charge is -2.32. The first-order valence-corrected chi connectivity index (χ1v) is 9.62. The molecule has 3 aromatic carbocycles. The third-order valence-corrected chi connectivity index (χ3v) is 4.91. The molecule has 0 aliphatic heterocycles. The number of nitrogens with two attached hydrogens (primary N) is 2. The number of anilines is 4. The maximum absolute atomic E-state index is 6.15. The molecule has 0 heterocycles. The number of para-hydroxylation sites is 2. The lowest BCUT2D eigenvalue weighted by molar-refractivity contribution is 1.24. The number of hydrogen-bond donors (Lipinski definition) is 2. The molecule has 0 spiro atoms. The molecule has 0 unspecified atom stereocenters. The van der Waals surface area contributed by atoms with Crippen LogP contribution < -0.4 is 21.3 Å². The van der Waals surface area contributed by atoms with E-state index >= 15 is 0 Å². The molecule has 6 heteroatoms. The Morgan fingerprint density at radius 3 is 1.25 bits per heavy atom. The van der Waals surface area contributed by atoms with Crippen LogP contribution in [0.3, 0.4) is 0 Å². The fourth-order valence-electron chi connectivity index (χ4n) is 3.07. The summed E-state index contributed by atoms with van der Waals surface area (Å²) in [5, 5.41) is 0.485. The standard InChI is InChI=1S/C22H22N4S2/c1-15-13-19(25(21(23)27)17-9-5-3-6-10-17)20(14-16(15)2)26(22(24)28)18-11-7-4-8-12-18/h3-14H,1-2H3,(H2,23,27)(H2,24,28). The van der Waals surface area contributed by atoms with E-state index in [1.54, 1.807) is 0 Å². The molecule has 0 radical (unpaired) electrons. The van der Waals surface area contributed by atoms with Gasteiger partial charge in [0.15, 0.2) is 10.2 Å². The van der Waals surface area contributed by atoms with Gasteiger partial charge in [0.25, 0.3) is 0 Å². The van der Waals surface area contributed by atoms with Crippen LogP contribution in [0.5, 0.6) is 0 Å². The molecule has 28 heavy (non-hydrogen) atoms. The predicted molar refractivity (Wildman–Crippen MR) is 127 cm³/mol. The molecule has 0 fully saturated rings. The van der Waals surface area contributed by atoms with Crippen molar-refractivity contribution in [3.8, 4) is 0 Å². The predicted octanol–water partition coefficient (Wildman–Crippen LogP) is 5.07. The van der Waals surface area contributed by atoms with Crippen molar-refractivity contribution < 1.29 is 0 Å². The zero-order valence-corrected chi connectivity index (χ0v) is 17.4. The van der Waals surface area contributed by atoms with Gasteiger partial charge < -0.3 is 11.5 Å². The van der Waals surface area contributed by atoms with Crippen LogP contribution in [-0.2, 0) is 0 Å². The average molecular weight is 407 g/mol. The summed E-state index contributed by atoms with van der Waals surface area (Å²) in [6.07, 6.45) is 0. The lowest BCUT2D eigenvalue weighted by atomic mass is 10.1. The van der Waals surface area contributed by atoms with Gasteiger partial charge in [0.05, 0.1) is 11.4 Å². The van der Waals surface area contributed by atoms with E-state index in [1.807, 2.05) is 70.5 Å². The van der Waals surface area contributed by atoms with Gasteiger partial charge in [-0.25, -0.2) is 0 Å². The molecule has 0 saturated heterocycles. The van der Waals surface area contributed by atoms with Crippen molar-refractivity contribution in [3.05, 3.63) is 83.9 Å². The molecule has 0 saturated carbocycles. The van der Waals surface area contributed by atoms with Gasteiger partial charge in [-0.05, 0) is 85.8 Å². The van der Waals surface area contributed by atoms with Crippen molar-refractivity contribution in [1.29, 1.82) is 0 Å². The molecule has 0 atom stereocenters. The van der Waals surface area contributed by atoms with Gasteiger partial charge in [-0.15, -0.1) is 0 Å². The highest BCUT2D eigenvalue weighted by Crippen LogP contribution is 2.39. The molecule has 0 aliphatic carbocycles. The zero-order valence-electron chi connectivity index (χ0n) is 15.8. The minimum atomic E-state index is 0.242. The Balaban J connectivity index is 2.28. The van der Waals surface area contributed by atoms with Gasteiger partial charge in [0.2, 0.25) is 0 Å². The summed E-state index contributed by atoms with van der Waals surface area (Å²) in [4.78, 5) is 3.68. The van der Waals surface area contributed by atoms with Crippen LogP contribution in [0.2, 0.25) is 0 Å². The SMILES string of the molecule is Cc1cc(N(C(N)=S)c2ccccc2)c(N(C(N)=S)c2ccccc2)cc1C. The number of rotatable bonds is 4. The van der Waals surface area contributed by atoms with Gasteiger partial charge in [0, 0.05) is 11.4 Å². The summed E-state index contributed by atoms with van der Waals surface area (Å²) in [5.74, 6) is 0. The molecule has 0 bridgehead atoms. The van der Waals surface area contributed by atoms with E-state index in [2.05, 4.69) is 26.0 Å². The van der Waals surface area contributed by atoms with E-state index in [0.29, 0.717) is 0 Å². The van der Waals surface area contributed by atoms with E-state index < -0.39 is 0 Å². The Morgan fingerprint density at radius 2 is 0.964 bits per heavy atom. The molecule has 142 valence electrons. The monoisotopic (exact) mass is 406 g/mol. The molecule has 3 rings (SSSR count). The van der Waals surface area contributed by atoms with Crippen LogP contribution in [0.25, 0.3) is 0 Å². The number of aryl methyl sites for hydroxylation is 2. The summed E-state index contributed by atoms with van der Waals surface area (Å²) >= 11 is 10.8. The highest BCUT2D eigenvalue weighted by Gasteiger charge is 2.23. The van der Waals surface area contributed by atoms with Crippen LogP contribution in [0.4, 0.5) is 22.7 Å². The van der Waals surface area contributed by atoms with E-state index in [-0.39, 0.29) is 10.2 Å². The van der Waals surface area contributed by atoms with E-state index in [1.165, 1.54) is 0 Å². The first kappa shape index (κ1) is 19.8. The van der Waals surface area contributed by atoms with Gasteiger partial charge in [-0.2, -0.15) is 0 Å². The Labute approximate surface area is 176 Å². The summed E-state index contributed by atoms with van der Waals surface area (Å²) < 4.78 is 0. The topological polar surface area (TPSA) is 58.5 Å². The highest BCUT2D eigenvalue weighted by molar-refractivity contribution is 7.80. The molecule has 0 amide bonds. The van der Waals surface area contributed by atoms with Gasteiger partial charge in [-0.1, -0.05) is 36.4 Å². The number of thiocarbonyl (C=S) groups is 2. The fraction of sp³-hybridized carbons (Fsp3) is 0.0909. The number of nitrogens with zero attached hydrogens (tertiary/aromatic N) is 2. The fourth-order valence-corrected chi connectivity index (χ4v) is 3.48. The van der Waals surface area contributed by atoms with Crippen LogP contribution in [0.1, 0.15) is 11.1 Å². The van der Waals surface area contributed by atoms with Gasteiger partial charge in [0.1, 0.15) is 0 Å². The van der Waals surface area contributed by atoms with Gasteiger partial charge in [-0.3, -0.25) is 9.80 Å². The van der Waals surface area contributed by atoms with E-state index in [0.717, 1.165) is 33.9 Å². The van der Waals surface area contributed by atoms with Crippen molar-refractivity contribution in [2.75, 3.05) is 9.80 Å². The third-order valence-electron chi connectivity index (χ3n) is 4.54. The summed E-state index contributed by atoms with van der Waals surface area (Å²) in [5.41, 5.74) is 17.9. The molecule has 0 aromatic heterocycles. The molecule has 4 N–H and O–H groups in total. The maximum atomic E-state index is 6.15. The number of hydrogen-bond acceptors (Lipinski definition) is 2. The average Bonchev–Trinajstić information content (AvgIpc) is 2.67. The van der Waals surface area contributed by atoms with Crippen molar-refractivity contribution in [3.63, 3.8) is 0 Å². The van der Waals surface area contributed by atoms with Crippen LogP contribution in [0.15, 0.2) is 72.8 Å². The second-order valence-corrected chi connectivity index (χ2v) is 7.28. The number of benzene rings is 3. The molecule has 0 aliphatic rings. The largest absolute Gasteiger partial charge is 0.376 e. The molecular formula is C22H22N4S2.